The SMILES string of the molecule is CCC(CC)C(Br)CNS(=O)(=O)N1CCCCC1. The van der Waals surface area contributed by atoms with Gasteiger partial charge in [-0.2, -0.15) is 12.7 Å². The van der Waals surface area contributed by atoms with Gasteiger partial charge >= 0.3 is 0 Å². The van der Waals surface area contributed by atoms with E-state index in [1.54, 1.807) is 4.31 Å². The van der Waals surface area contributed by atoms with Crippen LogP contribution in [0.5, 0.6) is 0 Å². The van der Waals surface area contributed by atoms with Crippen LogP contribution in [0.1, 0.15) is 46.0 Å². The molecule has 18 heavy (non-hydrogen) atoms. The maximum atomic E-state index is 12.1. The Labute approximate surface area is 120 Å². The molecule has 1 N–H and O–H groups in total. The van der Waals surface area contributed by atoms with Gasteiger partial charge in [0.2, 0.25) is 0 Å². The summed E-state index contributed by atoms with van der Waals surface area (Å²) in [4.78, 5) is 0.215. The highest BCUT2D eigenvalue weighted by atomic mass is 79.9. The molecular weight excluding hydrogens is 316 g/mol. The molecule has 6 heteroatoms. The molecule has 0 aromatic carbocycles. The Morgan fingerprint density at radius 1 is 1.17 bits per heavy atom. The molecule has 0 aliphatic carbocycles. The van der Waals surface area contributed by atoms with Crippen molar-refractivity contribution in [3.8, 4) is 0 Å². The summed E-state index contributed by atoms with van der Waals surface area (Å²) in [6.45, 7) is 6.08. The number of alkyl halides is 1. The van der Waals surface area contributed by atoms with E-state index in [1.807, 2.05) is 0 Å². The van der Waals surface area contributed by atoms with Crippen LogP contribution in [0.4, 0.5) is 0 Å². The predicted molar refractivity (Wildman–Crippen MR) is 79.1 cm³/mol. The number of rotatable bonds is 7. The average molecular weight is 341 g/mol. The number of piperidine rings is 1. The Morgan fingerprint density at radius 3 is 2.22 bits per heavy atom. The quantitative estimate of drug-likeness (QED) is 0.724. The third kappa shape index (κ3) is 4.79. The number of nitrogens with zero attached hydrogens (tertiary/aromatic N) is 1. The molecule has 0 amide bonds. The second-order valence-corrected chi connectivity index (χ2v) is 7.84. The molecule has 1 heterocycles. The number of hydrogen-bond donors (Lipinski definition) is 1. The zero-order chi connectivity index (χ0) is 13.6. The molecule has 0 aromatic rings. The van der Waals surface area contributed by atoms with E-state index in [0.29, 0.717) is 25.6 Å². The normalized spacial score (nSPS) is 20.2. The Morgan fingerprint density at radius 2 is 1.72 bits per heavy atom. The maximum absolute atomic E-state index is 12.1. The Hall–Kier alpha value is 0.350. The first-order valence-corrected chi connectivity index (χ1v) is 9.25. The van der Waals surface area contributed by atoms with Gasteiger partial charge in [0, 0.05) is 24.5 Å². The number of halogens is 1. The summed E-state index contributed by atoms with van der Waals surface area (Å²) in [6, 6.07) is 0. The van der Waals surface area contributed by atoms with E-state index in [2.05, 4.69) is 34.5 Å². The monoisotopic (exact) mass is 340 g/mol. The van der Waals surface area contributed by atoms with Crippen molar-refractivity contribution < 1.29 is 8.42 Å². The van der Waals surface area contributed by atoms with Crippen molar-refractivity contribution in [3.63, 3.8) is 0 Å². The second kappa shape index (κ2) is 7.82. The summed E-state index contributed by atoms with van der Waals surface area (Å²) < 4.78 is 28.5. The lowest BCUT2D eigenvalue weighted by molar-refractivity contribution is 0.340. The van der Waals surface area contributed by atoms with Crippen LogP contribution in [0.2, 0.25) is 0 Å². The maximum Gasteiger partial charge on any atom is 0.279 e. The van der Waals surface area contributed by atoms with Crippen LogP contribution in [0.15, 0.2) is 0 Å². The summed E-state index contributed by atoms with van der Waals surface area (Å²) in [7, 11) is -3.28. The minimum atomic E-state index is -3.28. The zero-order valence-electron chi connectivity index (χ0n) is 11.4. The van der Waals surface area contributed by atoms with Crippen molar-refractivity contribution in [3.05, 3.63) is 0 Å². The highest BCUT2D eigenvalue weighted by Gasteiger charge is 2.25. The first-order valence-electron chi connectivity index (χ1n) is 6.90. The van der Waals surface area contributed by atoms with Crippen LogP contribution < -0.4 is 4.72 Å². The van der Waals surface area contributed by atoms with Gasteiger partial charge in [0.1, 0.15) is 0 Å². The van der Waals surface area contributed by atoms with E-state index in [-0.39, 0.29) is 4.83 Å². The molecule has 1 aliphatic heterocycles. The molecule has 0 aromatic heterocycles. The topological polar surface area (TPSA) is 49.4 Å². The van der Waals surface area contributed by atoms with Gasteiger partial charge in [-0.15, -0.1) is 0 Å². The summed E-state index contributed by atoms with van der Waals surface area (Å²) in [5.41, 5.74) is 0. The summed E-state index contributed by atoms with van der Waals surface area (Å²) in [5.74, 6) is 0.522. The number of hydrogen-bond acceptors (Lipinski definition) is 2. The molecule has 1 fully saturated rings. The highest BCUT2D eigenvalue weighted by Crippen LogP contribution is 2.20. The molecule has 1 saturated heterocycles. The molecule has 0 bridgehead atoms. The molecule has 1 atom stereocenters. The van der Waals surface area contributed by atoms with E-state index in [0.717, 1.165) is 32.1 Å². The molecule has 0 spiro atoms. The smallest absolute Gasteiger partial charge is 0.201 e. The third-order valence-electron chi connectivity index (χ3n) is 3.68. The van der Waals surface area contributed by atoms with E-state index in [9.17, 15) is 8.42 Å². The van der Waals surface area contributed by atoms with E-state index in [4.69, 9.17) is 0 Å². The van der Waals surface area contributed by atoms with Crippen molar-refractivity contribution in [1.29, 1.82) is 0 Å². The molecule has 0 saturated carbocycles. The minimum absolute atomic E-state index is 0.215. The summed E-state index contributed by atoms with van der Waals surface area (Å²) in [5, 5.41) is 0. The summed E-state index contributed by atoms with van der Waals surface area (Å²) >= 11 is 3.60. The molecular formula is C12H25BrN2O2S. The number of nitrogens with one attached hydrogen (secondary N) is 1. The van der Waals surface area contributed by atoms with Gasteiger partial charge < -0.3 is 0 Å². The van der Waals surface area contributed by atoms with E-state index in [1.165, 1.54) is 0 Å². The largest absolute Gasteiger partial charge is 0.279 e. The third-order valence-corrected chi connectivity index (χ3v) is 6.32. The first kappa shape index (κ1) is 16.4. The zero-order valence-corrected chi connectivity index (χ0v) is 13.8. The fourth-order valence-electron chi connectivity index (χ4n) is 2.35. The van der Waals surface area contributed by atoms with Crippen LogP contribution in [-0.4, -0.2) is 37.2 Å². The second-order valence-electron chi connectivity index (χ2n) is 4.91. The Kier molecular flexibility index (Phi) is 7.13. The lowest BCUT2D eigenvalue weighted by Gasteiger charge is -2.27. The fourth-order valence-corrected chi connectivity index (χ4v) is 4.78. The molecule has 4 nitrogen and oxygen atoms in total. The van der Waals surface area contributed by atoms with Crippen molar-refractivity contribution in [2.24, 2.45) is 5.92 Å². The molecule has 1 rings (SSSR count). The Bertz CT molecular complexity index is 325. The lowest BCUT2D eigenvalue weighted by Crippen LogP contribution is -2.45. The van der Waals surface area contributed by atoms with Gasteiger partial charge in [-0.1, -0.05) is 49.0 Å². The van der Waals surface area contributed by atoms with Crippen molar-refractivity contribution in [2.45, 2.75) is 50.8 Å². The molecule has 1 aliphatic rings. The van der Waals surface area contributed by atoms with Gasteiger partial charge in [0.05, 0.1) is 0 Å². The van der Waals surface area contributed by atoms with Crippen molar-refractivity contribution in [2.75, 3.05) is 19.6 Å². The van der Waals surface area contributed by atoms with Gasteiger partial charge in [0.25, 0.3) is 10.2 Å². The van der Waals surface area contributed by atoms with Crippen molar-refractivity contribution >= 4 is 26.1 Å². The van der Waals surface area contributed by atoms with E-state index < -0.39 is 10.2 Å². The lowest BCUT2D eigenvalue weighted by atomic mass is 10.00. The van der Waals surface area contributed by atoms with E-state index >= 15 is 0 Å². The molecule has 108 valence electrons. The molecule has 1 unspecified atom stereocenters. The van der Waals surface area contributed by atoms with Crippen LogP contribution in [0, 0.1) is 5.92 Å². The fraction of sp³-hybridized carbons (Fsp3) is 1.00. The average Bonchev–Trinajstić information content (AvgIpc) is 2.39. The summed E-state index contributed by atoms with van der Waals surface area (Å²) in [6.07, 6.45) is 5.23. The van der Waals surface area contributed by atoms with Crippen LogP contribution >= 0.6 is 15.9 Å². The van der Waals surface area contributed by atoms with Gasteiger partial charge in [-0.05, 0) is 18.8 Å². The van der Waals surface area contributed by atoms with Gasteiger partial charge in [-0.25, -0.2) is 4.72 Å². The highest BCUT2D eigenvalue weighted by molar-refractivity contribution is 9.09. The predicted octanol–water partition coefficient (Wildman–Crippen LogP) is 2.51. The van der Waals surface area contributed by atoms with Crippen molar-refractivity contribution in [1.82, 2.24) is 9.03 Å². The first-order chi connectivity index (χ1) is 8.51. The Balaban J connectivity index is 2.45. The van der Waals surface area contributed by atoms with Crippen LogP contribution in [0.3, 0.4) is 0 Å². The standard InChI is InChI=1S/C12H25BrN2O2S/c1-3-11(4-2)12(13)10-14-18(16,17)15-8-6-5-7-9-15/h11-12,14H,3-10H2,1-2H3. The van der Waals surface area contributed by atoms with Gasteiger partial charge in [0.15, 0.2) is 0 Å². The van der Waals surface area contributed by atoms with Crippen LogP contribution in [0.25, 0.3) is 0 Å². The minimum Gasteiger partial charge on any atom is -0.201 e. The van der Waals surface area contributed by atoms with Crippen LogP contribution in [-0.2, 0) is 10.2 Å². The van der Waals surface area contributed by atoms with Gasteiger partial charge in [-0.3, -0.25) is 0 Å². The molecule has 0 radical (unpaired) electrons.